The fourth-order valence-corrected chi connectivity index (χ4v) is 6.27. The highest BCUT2D eigenvalue weighted by atomic mass is 35.5. The second-order valence-electron chi connectivity index (χ2n) is 10.6. The highest BCUT2D eigenvalue weighted by Gasteiger charge is 2.35. The van der Waals surface area contributed by atoms with Crippen LogP contribution >= 0.6 is 11.6 Å². The number of hydrogen-bond acceptors (Lipinski definition) is 4. The van der Waals surface area contributed by atoms with Gasteiger partial charge < -0.3 is 10.2 Å². The fraction of sp³-hybridized carbons (Fsp3) is 0.235. The van der Waals surface area contributed by atoms with Crippen molar-refractivity contribution >= 4 is 39.1 Å². The Morgan fingerprint density at radius 3 is 2.09 bits per heavy atom. The van der Waals surface area contributed by atoms with Crippen LogP contribution in [0.3, 0.4) is 0 Å². The molecule has 7 nitrogen and oxygen atoms in total. The first-order valence-electron chi connectivity index (χ1n) is 14.4. The molecular formula is C34H34ClF2N3O4S. The Morgan fingerprint density at radius 1 is 0.867 bits per heavy atom. The van der Waals surface area contributed by atoms with E-state index in [-0.39, 0.29) is 34.6 Å². The van der Waals surface area contributed by atoms with E-state index in [4.69, 9.17) is 11.6 Å². The zero-order valence-corrected chi connectivity index (χ0v) is 26.4. The summed E-state index contributed by atoms with van der Waals surface area (Å²) in [5, 5.41) is 2.62. The lowest BCUT2D eigenvalue weighted by Gasteiger charge is -2.34. The number of amides is 2. The molecule has 0 radical (unpaired) electrons. The Morgan fingerprint density at radius 2 is 1.49 bits per heavy atom. The molecule has 0 aromatic heterocycles. The molecule has 0 spiro atoms. The average Bonchev–Trinajstić information content (AvgIpc) is 3.04. The first-order valence-corrected chi connectivity index (χ1v) is 16.2. The van der Waals surface area contributed by atoms with Crippen LogP contribution in [0.1, 0.15) is 31.4 Å². The maximum atomic E-state index is 14.4. The molecule has 0 aliphatic carbocycles. The summed E-state index contributed by atoms with van der Waals surface area (Å²) in [5.74, 6) is -2.36. The molecule has 0 fully saturated rings. The first kappa shape index (κ1) is 33.6. The molecule has 4 rings (SSSR count). The summed E-state index contributed by atoms with van der Waals surface area (Å²) in [5.41, 5.74) is 1.27. The quantitative estimate of drug-likeness (QED) is 0.182. The third kappa shape index (κ3) is 8.67. The number of rotatable bonds is 13. The number of benzene rings is 4. The highest BCUT2D eigenvalue weighted by Crippen LogP contribution is 2.28. The molecule has 0 unspecified atom stereocenters. The molecule has 45 heavy (non-hydrogen) atoms. The van der Waals surface area contributed by atoms with E-state index in [0.717, 1.165) is 22.0 Å². The van der Waals surface area contributed by atoms with Gasteiger partial charge >= 0.3 is 0 Å². The summed E-state index contributed by atoms with van der Waals surface area (Å²) < 4.78 is 56.7. The van der Waals surface area contributed by atoms with Gasteiger partial charge in [-0.2, -0.15) is 0 Å². The predicted octanol–water partition coefficient (Wildman–Crippen LogP) is 6.37. The van der Waals surface area contributed by atoms with Gasteiger partial charge in [0.05, 0.1) is 15.6 Å². The number of nitrogens with one attached hydrogen (secondary N) is 1. The largest absolute Gasteiger partial charge is 0.352 e. The molecule has 0 saturated heterocycles. The molecule has 2 amide bonds. The number of hydrogen-bond donors (Lipinski definition) is 1. The van der Waals surface area contributed by atoms with E-state index >= 15 is 0 Å². The van der Waals surface area contributed by atoms with Crippen molar-refractivity contribution in [2.24, 2.45) is 0 Å². The van der Waals surface area contributed by atoms with Crippen molar-refractivity contribution in [2.45, 2.75) is 50.2 Å². The minimum absolute atomic E-state index is 0.0380. The summed E-state index contributed by atoms with van der Waals surface area (Å²) in [6.07, 6.45) is 0.772. The zero-order chi connectivity index (χ0) is 32.6. The van der Waals surface area contributed by atoms with Crippen LogP contribution in [-0.2, 0) is 32.6 Å². The molecule has 0 heterocycles. The Kier molecular flexibility index (Phi) is 11.3. The van der Waals surface area contributed by atoms with Crippen LogP contribution < -0.4 is 9.62 Å². The Hall–Kier alpha value is -4.28. The second-order valence-corrected chi connectivity index (χ2v) is 12.9. The molecule has 0 aliphatic rings. The van der Waals surface area contributed by atoms with Gasteiger partial charge in [0.25, 0.3) is 10.0 Å². The van der Waals surface area contributed by atoms with Gasteiger partial charge in [0.1, 0.15) is 24.2 Å². The van der Waals surface area contributed by atoms with E-state index in [1.165, 1.54) is 47.4 Å². The minimum Gasteiger partial charge on any atom is -0.352 e. The van der Waals surface area contributed by atoms with Crippen molar-refractivity contribution in [1.82, 2.24) is 10.2 Å². The zero-order valence-electron chi connectivity index (χ0n) is 24.9. The number of sulfonamides is 1. The van der Waals surface area contributed by atoms with Crippen LogP contribution in [0.4, 0.5) is 14.5 Å². The van der Waals surface area contributed by atoms with E-state index in [1.807, 2.05) is 44.2 Å². The van der Waals surface area contributed by atoms with Crippen molar-refractivity contribution in [1.29, 1.82) is 0 Å². The molecule has 0 bridgehead atoms. The maximum Gasteiger partial charge on any atom is 0.264 e. The van der Waals surface area contributed by atoms with Crippen molar-refractivity contribution in [3.8, 4) is 0 Å². The molecule has 2 atom stereocenters. The monoisotopic (exact) mass is 653 g/mol. The fourth-order valence-electron chi connectivity index (χ4n) is 4.67. The van der Waals surface area contributed by atoms with E-state index in [0.29, 0.717) is 12.0 Å². The maximum absolute atomic E-state index is 14.4. The molecule has 4 aromatic carbocycles. The number of carbonyl (C=O) groups is 2. The van der Waals surface area contributed by atoms with Crippen molar-refractivity contribution in [2.75, 3.05) is 10.8 Å². The van der Waals surface area contributed by atoms with E-state index in [1.54, 1.807) is 18.2 Å². The molecule has 0 aliphatic heterocycles. The predicted molar refractivity (Wildman–Crippen MR) is 171 cm³/mol. The summed E-state index contributed by atoms with van der Waals surface area (Å²) in [7, 11) is -4.36. The minimum atomic E-state index is -4.36. The SMILES string of the molecule is CC[C@H](C)NC(=O)[C@@H](Cc1ccccc1)N(Cc1ccc(F)cc1)C(=O)CN(c1ccc(F)c(Cl)c1)S(=O)(=O)c1ccccc1. The summed E-state index contributed by atoms with van der Waals surface area (Å²) in [4.78, 5) is 29.4. The van der Waals surface area contributed by atoms with Crippen LogP contribution in [-0.4, -0.2) is 43.8 Å². The van der Waals surface area contributed by atoms with Crippen LogP contribution in [0.25, 0.3) is 0 Å². The first-order chi connectivity index (χ1) is 21.5. The lowest BCUT2D eigenvalue weighted by Crippen LogP contribution is -2.54. The van der Waals surface area contributed by atoms with E-state index in [2.05, 4.69) is 5.32 Å². The Balaban J connectivity index is 1.81. The van der Waals surface area contributed by atoms with Crippen molar-refractivity contribution in [3.63, 3.8) is 0 Å². The third-order valence-electron chi connectivity index (χ3n) is 7.34. The lowest BCUT2D eigenvalue weighted by molar-refractivity contribution is -0.140. The van der Waals surface area contributed by atoms with Gasteiger partial charge in [0.2, 0.25) is 11.8 Å². The van der Waals surface area contributed by atoms with Crippen LogP contribution in [0.5, 0.6) is 0 Å². The molecule has 11 heteroatoms. The van der Waals surface area contributed by atoms with Gasteiger partial charge in [-0.05, 0) is 66.9 Å². The second kappa shape index (κ2) is 15.1. The molecule has 4 aromatic rings. The number of carbonyl (C=O) groups excluding carboxylic acids is 2. The van der Waals surface area contributed by atoms with Crippen LogP contribution in [0.15, 0.2) is 108 Å². The van der Waals surface area contributed by atoms with Crippen LogP contribution in [0.2, 0.25) is 5.02 Å². The molecular weight excluding hydrogens is 620 g/mol. The summed E-state index contributed by atoms with van der Waals surface area (Å²) in [6.45, 7) is 2.91. The van der Waals surface area contributed by atoms with Gasteiger partial charge in [-0.15, -0.1) is 0 Å². The molecule has 236 valence electrons. The topological polar surface area (TPSA) is 86.8 Å². The highest BCUT2D eigenvalue weighted by molar-refractivity contribution is 7.92. The molecule has 1 N–H and O–H groups in total. The number of nitrogens with zero attached hydrogens (tertiary/aromatic N) is 2. The lowest BCUT2D eigenvalue weighted by atomic mass is 10.0. The average molecular weight is 654 g/mol. The van der Waals surface area contributed by atoms with E-state index in [9.17, 15) is 26.8 Å². The third-order valence-corrected chi connectivity index (χ3v) is 9.42. The van der Waals surface area contributed by atoms with Gasteiger partial charge in [0, 0.05) is 19.0 Å². The normalized spacial score (nSPS) is 12.6. The number of anilines is 1. The molecule has 0 saturated carbocycles. The Bertz CT molecular complexity index is 1710. The van der Waals surface area contributed by atoms with Gasteiger partial charge in [-0.3, -0.25) is 13.9 Å². The smallest absolute Gasteiger partial charge is 0.264 e. The van der Waals surface area contributed by atoms with Crippen molar-refractivity contribution < 1.29 is 26.8 Å². The van der Waals surface area contributed by atoms with Crippen molar-refractivity contribution in [3.05, 3.63) is 131 Å². The standard InChI is InChI=1S/C34H34ClF2N3O4S/c1-3-24(2)38-34(42)32(20-25-10-6-4-7-11-25)39(22-26-14-16-27(36)17-15-26)33(41)23-40(28-18-19-31(37)30(35)21-28)45(43,44)29-12-8-5-9-13-29/h4-19,21,24,32H,3,20,22-23H2,1-2H3,(H,38,42)/t24-,32+/m0/s1. The van der Waals surface area contributed by atoms with Gasteiger partial charge in [0.15, 0.2) is 0 Å². The van der Waals surface area contributed by atoms with E-state index < -0.39 is 46.1 Å². The van der Waals surface area contributed by atoms with Crippen LogP contribution in [0, 0.1) is 11.6 Å². The number of halogens is 3. The van der Waals surface area contributed by atoms with Gasteiger partial charge in [-0.25, -0.2) is 17.2 Å². The summed E-state index contributed by atoms with van der Waals surface area (Å²) in [6, 6.07) is 24.2. The Labute approximate surface area is 267 Å². The van der Waals surface area contributed by atoms with Gasteiger partial charge in [-0.1, -0.05) is 79.2 Å². The summed E-state index contributed by atoms with van der Waals surface area (Å²) >= 11 is 6.04.